The third-order valence-corrected chi connectivity index (χ3v) is 8.88. The zero-order valence-electron chi connectivity index (χ0n) is 17.9. The van der Waals surface area contributed by atoms with Crippen LogP contribution in [0.4, 0.5) is 8.78 Å². The zero-order valence-corrected chi connectivity index (χ0v) is 18.7. The van der Waals surface area contributed by atoms with Crippen molar-refractivity contribution in [3.63, 3.8) is 0 Å². The van der Waals surface area contributed by atoms with Gasteiger partial charge in [0.05, 0.1) is 10.8 Å². The molecule has 0 spiro atoms. The van der Waals surface area contributed by atoms with Gasteiger partial charge >= 0.3 is 0 Å². The van der Waals surface area contributed by atoms with E-state index in [1.54, 1.807) is 30.3 Å². The van der Waals surface area contributed by atoms with Crippen molar-refractivity contribution in [1.82, 2.24) is 0 Å². The highest BCUT2D eigenvalue weighted by Crippen LogP contribution is 2.43. The van der Waals surface area contributed by atoms with E-state index in [2.05, 4.69) is 6.92 Å². The highest BCUT2D eigenvalue weighted by molar-refractivity contribution is 7.85. The summed E-state index contributed by atoms with van der Waals surface area (Å²) in [5, 5.41) is 0. The molecule has 1 nitrogen and oxygen atoms in total. The largest absolute Gasteiger partial charge is 0.251 e. The average molecular weight is 425 g/mol. The Kier molecular flexibility index (Phi) is 9.14. The Morgan fingerprint density at radius 1 is 0.897 bits per heavy atom. The van der Waals surface area contributed by atoms with Crippen LogP contribution < -0.4 is 0 Å². The van der Waals surface area contributed by atoms with E-state index in [9.17, 15) is 13.0 Å². The number of rotatable bonds is 9. The van der Waals surface area contributed by atoms with Crippen LogP contribution in [-0.4, -0.2) is 15.9 Å². The van der Waals surface area contributed by atoms with E-state index in [1.165, 1.54) is 57.8 Å². The summed E-state index contributed by atoms with van der Waals surface area (Å²) in [5.74, 6) is 2.83. The van der Waals surface area contributed by atoms with Gasteiger partial charge in [0.2, 0.25) is 5.50 Å². The molecule has 1 aromatic rings. The van der Waals surface area contributed by atoms with Gasteiger partial charge in [0, 0.05) is 4.90 Å². The summed E-state index contributed by atoms with van der Waals surface area (Å²) in [6.07, 6.45) is 12.5. The van der Waals surface area contributed by atoms with Crippen molar-refractivity contribution in [2.45, 2.75) is 101 Å². The van der Waals surface area contributed by atoms with Crippen LogP contribution in [0.15, 0.2) is 35.2 Å². The number of alkyl halides is 2. The summed E-state index contributed by atoms with van der Waals surface area (Å²) in [4.78, 5) is 0.376. The summed E-state index contributed by atoms with van der Waals surface area (Å²) < 4.78 is 41.3. The van der Waals surface area contributed by atoms with Crippen molar-refractivity contribution in [3.8, 4) is 0 Å². The lowest BCUT2D eigenvalue weighted by Gasteiger charge is -2.38. The van der Waals surface area contributed by atoms with Gasteiger partial charge in [-0.05, 0) is 67.9 Å². The molecule has 1 aromatic carbocycles. The lowest BCUT2D eigenvalue weighted by molar-refractivity contribution is 0.119. The van der Waals surface area contributed by atoms with Gasteiger partial charge < -0.3 is 0 Å². The Morgan fingerprint density at radius 2 is 1.45 bits per heavy atom. The lowest BCUT2D eigenvalue weighted by atomic mass is 9.68. The third kappa shape index (κ3) is 6.60. The molecule has 0 bridgehead atoms. The van der Waals surface area contributed by atoms with Gasteiger partial charge in [0.15, 0.2) is 0 Å². The van der Waals surface area contributed by atoms with Crippen LogP contribution in [0.2, 0.25) is 0 Å². The normalized spacial score (nSPS) is 31.1. The Labute approximate surface area is 178 Å². The van der Waals surface area contributed by atoms with Crippen molar-refractivity contribution in [3.05, 3.63) is 30.3 Å². The standard InChI is InChI=1S/C25H38F2OS/c1-2-3-7-19-10-14-21(15-11-19)22-16-12-20(13-17-22)18-24(26)25(27)29(28)23-8-5-4-6-9-23/h4-6,8-9,19-22,24-25H,2-3,7,10-18H2,1H3. The van der Waals surface area contributed by atoms with Gasteiger partial charge in [-0.3, -0.25) is 4.21 Å². The summed E-state index contributed by atoms with van der Waals surface area (Å²) in [5.41, 5.74) is -1.92. The van der Waals surface area contributed by atoms with E-state index in [1.807, 2.05) is 0 Å². The van der Waals surface area contributed by atoms with Crippen LogP contribution in [0.25, 0.3) is 0 Å². The van der Waals surface area contributed by atoms with Crippen LogP contribution in [0.5, 0.6) is 0 Å². The average Bonchev–Trinajstić information content (AvgIpc) is 2.78. The Bertz CT molecular complexity index is 607. The van der Waals surface area contributed by atoms with Crippen molar-refractivity contribution >= 4 is 10.8 Å². The second kappa shape index (κ2) is 11.6. The van der Waals surface area contributed by atoms with Gasteiger partial charge in [-0.15, -0.1) is 0 Å². The van der Waals surface area contributed by atoms with E-state index >= 15 is 0 Å². The third-order valence-electron chi connectivity index (χ3n) is 7.44. The van der Waals surface area contributed by atoms with E-state index in [0.717, 1.165) is 30.6 Å². The summed E-state index contributed by atoms with van der Waals surface area (Å²) in [6, 6.07) is 8.43. The van der Waals surface area contributed by atoms with Gasteiger partial charge in [-0.1, -0.05) is 70.1 Å². The first kappa shape index (κ1) is 22.9. The number of benzene rings is 1. The first-order valence-electron chi connectivity index (χ1n) is 11.8. The number of unbranched alkanes of at least 4 members (excludes halogenated alkanes) is 1. The molecule has 29 heavy (non-hydrogen) atoms. The van der Waals surface area contributed by atoms with E-state index in [-0.39, 0.29) is 12.3 Å². The van der Waals surface area contributed by atoms with Crippen LogP contribution in [0, 0.1) is 23.7 Å². The molecule has 0 amide bonds. The molecule has 2 fully saturated rings. The smallest absolute Gasteiger partial charge is 0.210 e. The number of hydrogen-bond donors (Lipinski definition) is 0. The van der Waals surface area contributed by atoms with E-state index in [0.29, 0.717) is 4.90 Å². The molecule has 0 radical (unpaired) electrons. The number of halogens is 2. The van der Waals surface area contributed by atoms with Crippen LogP contribution in [0.1, 0.15) is 84.0 Å². The minimum Gasteiger partial charge on any atom is -0.251 e. The maximum atomic E-state index is 14.5. The maximum Gasteiger partial charge on any atom is 0.210 e. The fraction of sp³-hybridized carbons (Fsp3) is 0.760. The topological polar surface area (TPSA) is 17.1 Å². The Morgan fingerprint density at radius 3 is 2.00 bits per heavy atom. The molecular weight excluding hydrogens is 386 g/mol. The Balaban J connectivity index is 1.39. The van der Waals surface area contributed by atoms with Crippen molar-refractivity contribution < 1.29 is 13.0 Å². The lowest BCUT2D eigenvalue weighted by Crippen LogP contribution is -2.29. The molecule has 0 saturated heterocycles. The second-order valence-corrected chi connectivity index (χ2v) is 10.9. The minimum absolute atomic E-state index is 0.218. The Hall–Kier alpha value is -0.770. The highest BCUT2D eigenvalue weighted by Gasteiger charge is 2.34. The molecule has 2 aliphatic rings. The molecule has 3 atom stereocenters. The van der Waals surface area contributed by atoms with Gasteiger partial charge in [0.1, 0.15) is 6.17 Å². The summed E-state index contributed by atoms with van der Waals surface area (Å²) in [6.45, 7) is 2.27. The molecular formula is C25H38F2OS. The molecule has 0 heterocycles. The molecule has 0 aromatic heterocycles. The monoisotopic (exact) mass is 424 g/mol. The molecule has 4 heteroatoms. The van der Waals surface area contributed by atoms with Gasteiger partial charge in [-0.25, -0.2) is 8.78 Å². The quantitative estimate of drug-likeness (QED) is 0.398. The first-order chi connectivity index (χ1) is 14.1. The van der Waals surface area contributed by atoms with Gasteiger partial charge in [-0.2, -0.15) is 0 Å². The molecule has 3 unspecified atom stereocenters. The summed E-state index contributed by atoms with van der Waals surface area (Å²) >= 11 is 0. The highest BCUT2D eigenvalue weighted by atomic mass is 32.2. The van der Waals surface area contributed by atoms with Gasteiger partial charge in [0.25, 0.3) is 0 Å². The minimum atomic E-state index is -1.92. The SMILES string of the molecule is CCCCC1CCC(C2CCC(CC(F)C(F)S(=O)c3ccccc3)CC2)CC1. The fourth-order valence-electron chi connectivity index (χ4n) is 5.58. The number of hydrogen-bond acceptors (Lipinski definition) is 1. The molecule has 2 saturated carbocycles. The van der Waals surface area contributed by atoms with Crippen molar-refractivity contribution in [1.29, 1.82) is 0 Å². The van der Waals surface area contributed by atoms with E-state index < -0.39 is 22.5 Å². The van der Waals surface area contributed by atoms with Crippen LogP contribution >= 0.6 is 0 Å². The summed E-state index contributed by atoms with van der Waals surface area (Å²) in [7, 11) is -1.92. The predicted octanol–water partition coefficient (Wildman–Crippen LogP) is 7.62. The van der Waals surface area contributed by atoms with Crippen LogP contribution in [0.3, 0.4) is 0 Å². The molecule has 0 aliphatic heterocycles. The zero-order chi connectivity index (χ0) is 20.6. The maximum absolute atomic E-state index is 14.5. The predicted molar refractivity (Wildman–Crippen MR) is 118 cm³/mol. The molecule has 2 aliphatic carbocycles. The van der Waals surface area contributed by atoms with Crippen LogP contribution in [-0.2, 0) is 10.8 Å². The second-order valence-electron chi connectivity index (χ2n) is 9.42. The molecule has 164 valence electrons. The first-order valence-corrected chi connectivity index (χ1v) is 13.0. The molecule has 3 rings (SSSR count). The molecule has 0 N–H and O–H groups in total. The van der Waals surface area contributed by atoms with Crippen molar-refractivity contribution in [2.75, 3.05) is 0 Å². The van der Waals surface area contributed by atoms with Crippen molar-refractivity contribution in [2.24, 2.45) is 23.7 Å². The van der Waals surface area contributed by atoms with E-state index in [4.69, 9.17) is 0 Å². The fourth-order valence-corrected chi connectivity index (χ4v) is 6.65.